The Morgan fingerprint density at radius 1 is 1.04 bits per heavy atom. The molecular weight excluding hydrogens is 296 g/mol. The van der Waals surface area contributed by atoms with E-state index in [1.165, 1.54) is 14.2 Å². The number of hydrogen-bond donors (Lipinski definition) is 1. The fourth-order valence-electron chi connectivity index (χ4n) is 1.84. The summed E-state index contributed by atoms with van der Waals surface area (Å²) in [5.41, 5.74) is 0.600. The van der Waals surface area contributed by atoms with Crippen molar-refractivity contribution in [2.45, 2.75) is 13.2 Å². The van der Waals surface area contributed by atoms with Crippen LogP contribution in [-0.2, 0) is 4.84 Å². The van der Waals surface area contributed by atoms with Gasteiger partial charge in [0.1, 0.15) is 11.5 Å². The van der Waals surface area contributed by atoms with Gasteiger partial charge < -0.3 is 14.8 Å². The minimum absolute atomic E-state index is 0.377. The van der Waals surface area contributed by atoms with Gasteiger partial charge in [0.25, 0.3) is 0 Å². The molecule has 0 bridgehead atoms. The van der Waals surface area contributed by atoms with E-state index in [2.05, 4.69) is 5.32 Å². The van der Waals surface area contributed by atoms with Crippen LogP contribution in [0.5, 0.6) is 11.5 Å². The molecule has 23 heavy (non-hydrogen) atoms. The van der Waals surface area contributed by atoms with Crippen LogP contribution in [-0.4, -0.2) is 31.5 Å². The third kappa shape index (κ3) is 5.19. The minimum Gasteiger partial charge on any atom is -0.455 e. The maximum absolute atomic E-state index is 11.7. The molecule has 0 aliphatic rings. The van der Waals surface area contributed by atoms with Gasteiger partial charge in [-0.3, -0.25) is 4.84 Å². The van der Waals surface area contributed by atoms with Crippen LogP contribution in [0.4, 0.5) is 10.5 Å². The van der Waals surface area contributed by atoms with Gasteiger partial charge >= 0.3 is 6.03 Å². The molecule has 1 N–H and O–H groups in total. The Kier molecular flexibility index (Phi) is 5.82. The molecule has 0 saturated carbocycles. The molecule has 0 heterocycles. The van der Waals surface area contributed by atoms with E-state index < -0.39 is 6.29 Å². The van der Waals surface area contributed by atoms with E-state index in [-0.39, 0.29) is 6.03 Å². The first-order chi connectivity index (χ1) is 11.1. The second-order valence-electron chi connectivity index (χ2n) is 4.75. The number of nitrogens with one attached hydrogen (secondary N) is 1. The van der Waals surface area contributed by atoms with Crippen LogP contribution in [0.1, 0.15) is 6.92 Å². The summed E-state index contributed by atoms with van der Waals surface area (Å²) in [4.78, 5) is 16.6. The zero-order valence-electron chi connectivity index (χ0n) is 13.4. The van der Waals surface area contributed by atoms with Crippen molar-refractivity contribution in [1.29, 1.82) is 0 Å². The van der Waals surface area contributed by atoms with Crippen LogP contribution in [0.25, 0.3) is 0 Å². The topological polar surface area (TPSA) is 60.0 Å². The molecule has 2 amide bonds. The number of nitrogens with zero attached hydrogens (tertiary/aromatic N) is 1. The van der Waals surface area contributed by atoms with Gasteiger partial charge in [-0.15, -0.1) is 0 Å². The second-order valence-corrected chi connectivity index (χ2v) is 4.75. The molecule has 2 rings (SSSR count). The lowest BCUT2D eigenvalue weighted by Crippen LogP contribution is -2.30. The lowest BCUT2D eigenvalue weighted by atomic mass is 10.3. The Labute approximate surface area is 135 Å². The van der Waals surface area contributed by atoms with Gasteiger partial charge in [-0.1, -0.05) is 24.3 Å². The van der Waals surface area contributed by atoms with E-state index in [9.17, 15) is 4.79 Å². The summed E-state index contributed by atoms with van der Waals surface area (Å²) < 4.78 is 11.4. The van der Waals surface area contributed by atoms with E-state index in [0.717, 1.165) is 10.8 Å². The summed E-state index contributed by atoms with van der Waals surface area (Å²) in [5, 5.41) is 3.79. The zero-order valence-corrected chi connectivity index (χ0v) is 13.4. The molecule has 1 atom stereocenters. The predicted octanol–water partition coefficient (Wildman–Crippen LogP) is 3.52. The maximum Gasteiger partial charge on any atom is 0.345 e. The Morgan fingerprint density at radius 2 is 1.70 bits per heavy atom. The van der Waals surface area contributed by atoms with Crippen LogP contribution in [0, 0.1) is 0 Å². The van der Waals surface area contributed by atoms with Crippen LogP contribution >= 0.6 is 0 Å². The number of anilines is 1. The number of para-hydroxylation sites is 1. The van der Waals surface area contributed by atoms with Crippen molar-refractivity contribution in [2.24, 2.45) is 0 Å². The highest BCUT2D eigenvalue weighted by molar-refractivity contribution is 5.88. The number of benzene rings is 2. The predicted molar refractivity (Wildman–Crippen MR) is 87.4 cm³/mol. The third-order valence-electron chi connectivity index (χ3n) is 2.99. The summed E-state index contributed by atoms with van der Waals surface area (Å²) in [6, 6.07) is 16.1. The van der Waals surface area contributed by atoms with Gasteiger partial charge in [-0.25, -0.2) is 9.86 Å². The Morgan fingerprint density at radius 3 is 2.39 bits per heavy atom. The fraction of sp³-hybridized carbons (Fsp3) is 0.235. The third-order valence-corrected chi connectivity index (χ3v) is 2.99. The van der Waals surface area contributed by atoms with Crippen molar-refractivity contribution < 1.29 is 19.1 Å². The summed E-state index contributed by atoms with van der Waals surface area (Å²) in [6.45, 7) is 1.80. The standard InChI is InChI=1S/C17H20N2O4/c1-13(22-15-9-5-4-6-10-15)23-16-11-7-8-14(12-16)18-17(20)19(2)21-3/h4-13H,1-3H3,(H,18,20). The number of rotatable bonds is 6. The molecule has 0 radical (unpaired) electrons. The van der Waals surface area contributed by atoms with Crippen molar-refractivity contribution in [3.8, 4) is 11.5 Å². The first kappa shape index (κ1) is 16.6. The smallest absolute Gasteiger partial charge is 0.345 e. The number of carbonyl (C=O) groups is 1. The molecule has 0 fully saturated rings. The van der Waals surface area contributed by atoms with Crippen LogP contribution < -0.4 is 14.8 Å². The molecular formula is C17H20N2O4. The Bertz CT molecular complexity index is 634. The molecule has 0 aliphatic heterocycles. The number of ether oxygens (including phenoxy) is 2. The largest absolute Gasteiger partial charge is 0.455 e. The van der Waals surface area contributed by atoms with Gasteiger partial charge in [0, 0.05) is 25.7 Å². The van der Waals surface area contributed by atoms with Crippen LogP contribution in [0.15, 0.2) is 54.6 Å². The van der Waals surface area contributed by atoms with Crippen molar-refractivity contribution in [1.82, 2.24) is 5.06 Å². The average molecular weight is 316 g/mol. The summed E-state index contributed by atoms with van der Waals surface area (Å²) in [6.07, 6.45) is -0.468. The molecule has 0 aliphatic carbocycles. The highest BCUT2D eigenvalue weighted by Crippen LogP contribution is 2.20. The van der Waals surface area contributed by atoms with Crippen LogP contribution in [0.3, 0.4) is 0 Å². The van der Waals surface area contributed by atoms with Gasteiger partial charge in [0.2, 0.25) is 6.29 Å². The molecule has 2 aromatic rings. The van der Waals surface area contributed by atoms with Crippen molar-refractivity contribution in [3.63, 3.8) is 0 Å². The lowest BCUT2D eigenvalue weighted by molar-refractivity contribution is -0.0598. The van der Waals surface area contributed by atoms with E-state index in [1.807, 2.05) is 30.3 Å². The minimum atomic E-state index is -0.468. The summed E-state index contributed by atoms with van der Waals surface area (Å²) in [5.74, 6) is 1.32. The Hall–Kier alpha value is -2.73. The number of urea groups is 1. The highest BCUT2D eigenvalue weighted by Gasteiger charge is 2.10. The molecule has 0 aromatic heterocycles. The zero-order chi connectivity index (χ0) is 16.7. The number of hydroxylamine groups is 2. The fourth-order valence-corrected chi connectivity index (χ4v) is 1.84. The molecule has 0 saturated heterocycles. The SMILES string of the molecule is CON(C)C(=O)Nc1cccc(OC(C)Oc2ccccc2)c1. The summed E-state index contributed by atoms with van der Waals surface area (Å²) in [7, 11) is 2.94. The van der Waals surface area contributed by atoms with E-state index in [1.54, 1.807) is 31.2 Å². The lowest BCUT2D eigenvalue weighted by Gasteiger charge is -2.18. The molecule has 6 nitrogen and oxygen atoms in total. The van der Waals surface area contributed by atoms with Gasteiger partial charge in [-0.05, 0) is 24.3 Å². The van der Waals surface area contributed by atoms with Crippen molar-refractivity contribution in [3.05, 3.63) is 54.6 Å². The Balaban J connectivity index is 1.95. The first-order valence-corrected chi connectivity index (χ1v) is 7.15. The first-order valence-electron chi connectivity index (χ1n) is 7.15. The molecule has 2 aromatic carbocycles. The molecule has 6 heteroatoms. The quantitative estimate of drug-likeness (QED) is 0.654. The number of amides is 2. The molecule has 1 unspecified atom stereocenters. The van der Waals surface area contributed by atoms with E-state index >= 15 is 0 Å². The maximum atomic E-state index is 11.7. The van der Waals surface area contributed by atoms with Gasteiger partial charge in [0.05, 0.1) is 7.11 Å². The van der Waals surface area contributed by atoms with Gasteiger partial charge in [0.15, 0.2) is 0 Å². The summed E-state index contributed by atoms with van der Waals surface area (Å²) >= 11 is 0. The van der Waals surface area contributed by atoms with Crippen molar-refractivity contribution in [2.75, 3.05) is 19.5 Å². The van der Waals surface area contributed by atoms with Crippen molar-refractivity contribution >= 4 is 11.7 Å². The normalized spacial score (nSPS) is 11.4. The van der Waals surface area contributed by atoms with E-state index in [4.69, 9.17) is 14.3 Å². The number of hydrogen-bond acceptors (Lipinski definition) is 4. The molecule has 0 spiro atoms. The second kappa shape index (κ2) is 8.05. The number of carbonyl (C=O) groups excluding carboxylic acids is 1. The average Bonchev–Trinajstić information content (AvgIpc) is 2.55. The highest BCUT2D eigenvalue weighted by atomic mass is 16.7. The van der Waals surface area contributed by atoms with Crippen LogP contribution in [0.2, 0.25) is 0 Å². The monoisotopic (exact) mass is 316 g/mol. The van der Waals surface area contributed by atoms with E-state index in [0.29, 0.717) is 11.4 Å². The molecule has 122 valence electrons. The van der Waals surface area contributed by atoms with Gasteiger partial charge in [-0.2, -0.15) is 0 Å².